The molecule has 6 rings (SSSR count). The summed E-state index contributed by atoms with van der Waals surface area (Å²) in [6.45, 7) is -0.0746. The lowest BCUT2D eigenvalue weighted by molar-refractivity contribution is -0.139. The second kappa shape index (κ2) is 9.50. The van der Waals surface area contributed by atoms with Crippen molar-refractivity contribution < 1.29 is 34.4 Å². The molecule has 2 atom stereocenters. The molecule has 1 amide bonds. The van der Waals surface area contributed by atoms with Gasteiger partial charge in [-0.1, -0.05) is 6.08 Å². The summed E-state index contributed by atoms with van der Waals surface area (Å²) in [4.78, 5) is 23.0. The van der Waals surface area contributed by atoms with Crippen LogP contribution < -0.4 is 10.1 Å². The number of H-pyrrole nitrogens is 1. The number of carbonyl (C=O) groups is 2. The first-order valence-corrected chi connectivity index (χ1v) is 12.2. The lowest BCUT2D eigenvalue weighted by atomic mass is 9.89. The molecule has 2 aliphatic rings. The van der Waals surface area contributed by atoms with Gasteiger partial charge in [-0.3, -0.25) is 9.59 Å². The first-order chi connectivity index (χ1) is 19.3. The van der Waals surface area contributed by atoms with Crippen molar-refractivity contribution in [1.29, 1.82) is 0 Å². The highest BCUT2D eigenvalue weighted by Gasteiger charge is 2.53. The zero-order valence-electron chi connectivity index (χ0n) is 21.0. The minimum absolute atomic E-state index is 0.0746. The van der Waals surface area contributed by atoms with Gasteiger partial charge >= 0.3 is 5.97 Å². The van der Waals surface area contributed by atoms with E-state index in [4.69, 9.17) is 14.6 Å². The molecule has 2 aromatic carbocycles. The molecule has 0 radical (unpaired) electrons. The van der Waals surface area contributed by atoms with Gasteiger partial charge in [-0.2, -0.15) is 20.5 Å². The Bertz CT molecular complexity index is 1710. The van der Waals surface area contributed by atoms with Crippen LogP contribution in [0.3, 0.4) is 0 Å². The largest absolute Gasteiger partial charge is 0.497 e. The number of aromatic amines is 1. The Balaban J connectivity index is 1.40. The number of nitrogens with one attached hydrogen (secondary N) is 2. The minimum atomic E-state index is -1.26. The summed E-state index contributed by atoms with van der Waals surface area (Å²) in [5.41, 5.74) is 1.28. The first-order valence-electron chi connectivity index (χ1n) is 12.2. The van der Waals surface area contributed by atoms with Crippen LogP contribution in [0.4, 0.5) is 11.4 Å². The van der Waals surface area contributed by atoms with Crippen molar-refractivity contribution >= 4 is 34.3 Å². The monoisotopic (exact) mass is 545 g/mol. The maximum absolute atomic E-state index is 12.2. The Kier molecular flexibility index (Phi) is 5.95. The number of nitrogens with zero attached hydrogens (tertiary/aromatic N) is 5. The normalized spacial score (nSPS) is 19.0. The molecule has 2 aromatic heterocycles. The number of carbonyl (C=O) groups excluding carboxylic acids is 1. The second-order valence-electron chi connectivity index (χ2n) is 9.25. The fraction of sp³-hybridized carbons (Fsp3) is 0.231. The number of azo groups is 1. The number of methoxy groups -OCH3 is 1. The molecule has 0 saturated carbocycles. The summed E-state index contributed by atoms with van der Waals surface area (Å²) < 4.78 is 12.5. The smallest absolute Gasteiger partial charge is 0.303 e. The third-order valence-electron chi connectivity index (χ3n) is 6.88. The van der Waals surface area contributed by atoms with Gasteiger partial charge in [-0.15, -0.1) is 5.11 Å². The Hall–Kier alpha value is -5.24. The zero-order chi connectivity index (χ0) is 28.0. The van der Waals surface area contributed by atoms with E-state index in [1.807, 2.05) is 0 Å². The second-order valence-corrected chi connectivity index (χ2v) is 9.25. The third kappa shape index (κ3) is 4.01. The van der Waals surface area contributed by atoms with E-state index in [0.717, 1.165) is 0 Å². The van der Waals surface area contributed by atoms with E-state index in [1.165, 1.54) is 4.57 Å². The van der Waals surface area contributed by atoms with Crippen LogP contribution in [-0.4, -0.2) is 60.8 Å². The van der Waals surface area contributed by atoms with Gasteiger partial charge in [0.15, 0.2) is 0 Å². The maximum atomic E-state index is 12.2. The van der Waals surface area contributed by atoms with Crippen molar-refractivity contribution in [3.05, 3.63) is 59.7 Å². The molecule has 2 bridgehead atoms. The van der Waals surface area contributed by atoms with E-state index in [9.17, 15) is 19.8 Å². The summed E-state index contributed by atoms with van der Waals surface area (Å²) in [6.07, 6.45) is 2.24. The molecular formula is C26H23N7O7. The van der Waals surface area contributed by atoms with Crippen molar-refractivity contribution in [2.24, 2.45) is 10.2 Å². The number of ether oxygens (including phenoxy) is 2. The van der Waals surface area contributed by atoms with Gasteiger partial charge in [0.25, 0.3) is 0 Å². The molecule has 4 heterocycles. The number of carboxylic acids is 1. The lowest BCUT2D eigenvalue weighted by Gasteiger charge is -2.24. The van der Waals surface area contributed by atoms with Crippen molar-refractivity contribution in [3.8, 4) is 23.2 Å². The van der Waals surface area contributed by atoms with Crippen molar-refractivity contribution in [2.45, 2.75) is 24.5 Å². The molecular weight excluding hydrogens is 522 g/mol. The number of aromatic nitrogens is 4. The summed E-state index contributed by atoms with van der Waals surface area (Å²) in [7, 11) is 1.56. The fourth-order valence-corrected chi connectivity index (χ4v) is 4.98. The summed E-state index contributed by atoms with van der Waals surface area (Å²) in [6, 6.07) is 10.2. The fourth-order valence-electron chi connectivity index (χ4n) is 4.98. The van der Waals surface area contributed by atoms with E-state index in [2.05, 4.69) is 31.0 Å². The van der Waals surface area contributed by atoms with Crippen LogP contribution in [0.5, 0.6) is 17.5 Å². The predicted octanol–water partition coefficient (Wildman–Crippen LogP) is 3.40. The van der Waals surface area contributed by atoms with E-state index >= 15 is 0 Å². The summed E-state index contributed by atoms with van der Waals surface area (Å²) >= 11 is 0. The van der Waals surface area contributed by atoms with E-state index in [-0.39, 0.29) is 48.1 Å². The van der Waals surface area contributed by atoms with Crippen LogP contribution in [0.25, 0.3) is 16.7 Å². The van der Waals surface area contributed by atoms with Crippen LogP contribution in [0.1, 0.15) is 30.1 Å². The number of hydrogen-bond acceptors (Lipinski definition) is 10. The van der Waals surface area contributed by atoms with Gasteiger partial charge in [0.05, 0.1) is 42.6 Å². The molecule has 2 unspecified atom stereocenters. The average Bonchev–Trinajstić information content (AvgIpc) is 3.72. The van der Waals surface area contributed by atoms with Gasteiger partial charge < -0.3 is 30.1 Å². The van der Waals surface area contributed by atoms with Crippen LogP contribution in [0, 0.1) is 0 Å². The molecule has 40 heavy (non-hydrogen) atoms. The predicted molar refractivity (Wildman–Crippen MR) is 138 cm³/mol. The molecule has 0 aliphatic carbocycles. The molecule has 4 aromatic rings. The van der Waals surface area contributed by atoms with Gasteiger partial charge in [0.2, 0.25) is 17.7 Å². The molecule has 14 nitrogen and oxygen atoms in total. The molecule has 0 fully saturated rings. The Morgan fingerprint density at radius 3 is 2.67 bits per heavy atom. The van der Waals surface area contributed by atoms with Crippen LogP contribution >= 0.6 is 0 Å². The molecule has 2 aliphatic heterocycles. The van der Waals surface area contributed by atoms with Crippen LogP contribution in [-0.2, 0) is 19.9 Å². The Morgan fingerprint density at radius 1 is 1.12 bits per heavy atom. The molecule has 14 heteroatoms. The minimum Gasteiger partial charge on any atom is -0.497 e. The summed E-state index contributed by atoms with van der Waals surface area (Å²) in [5, 5.41) is 53.9. The number of fused-ring (bicyclic) bond motifs is 6. The highest BCUT2D eigenvalue weighted by atomic mass is 16.5. The number of carboxylic acid groups (broad SMARTS) is 1. The summed E-state index contributed by atoms with van der Waals surface area (Å²) in [5.74, 6) is -1.50. The quantitative estimate of drug-likeness (QED) is 0.155. The zero-order valence-corrected chi connectivity index (χ0v) is 21.0. The number of rotatable bonds is 9. The molecule has 0 spiro atoms. The van der Waals surface area contributed by atoms with E-state index < -0.39 is 23.6 Å². The van der Waals surface area contributed by atoms with Gasteiger partial charge in [-0.05, 0) is 42.5 Å². The van der Waals surface area contributed by atoms with Crippen molar-refractivity contribution in [2.75, 3.05) is 13.7 Å². The molecule has 5 N–H and O–H groups in total. The van der Waals surface area contributed by atoms with Crippen LogP contribution in [0.15, 0.2) is 58.8 Å². The standard InChI is InChI=1S/C26H23N7O7/c1-39-14-4-2-13(3-5-14)28-30-23-16(7-6-15-22(23)31-32-29-15)33-24(37)20-17-10-11-26(40-17,21(20)25(33)38)12-27-18(34)8-9-19(35)36/h2-7,10-11,17,37-38H,8-9,12H2,1H3,(H,27,34)(H,35,36)(H,29,31,32). The number of aliphatic carboxylic acids is 1. The van der Waals surface area contributed by atoms with Gasteiger partial charge in [0, 0.05) is 6.42 Å². The first kappa shape index (κ1) is 25.1. The SMILES string of the molecule is COc1ccc(N=Nc2c(-n3c(O)c4c(c3O)C3(CNC(=O)CCC(=O)O)C=CC4O3)ccc3n[nH]nc23)cc1. The van der Waals surface area contributed by atoms with Gasteiger partial charge in [-0.25, -0.2) is 4.57 Å². The molecule has 0 saturated heterocycles. The van der Waals surface area contributed by atoms with E-state index in [0.29, 0.717) is 28.0 Å². The Labute approximate surface area is 225 Å². The van der Waals surface area contributed by atoms with Crippen molar-refractivity contribution in [1.82, 2.24) is 25.3 Å². The topological polar surface area (TPSA) is 197 Å². The maximum Gasteiger partial charge on any atom is 0.303 e. The average molecular weight is 546 g/mol. The Morgan fingerprint density at radius 2 is 1.93 bits per heavy atom. The van der Waals surface area contributed by atoms with Gasteiger partial charge in [0.1, 0.15) is 34.2 Å². The van der Waals surface area contributed by atoms with Crippen LogP contribution in [0.2, 0.25) is 0 Å². The number of hydrogen-bond donors (Lipinski definition) is 5. The third-order valence-corrected chi connectivity index (χ3v) is 6.88. The number of aromatic hydroxyl groups is 2. The van der Waals surface area contributed by atoms with E-state index in [1.54, 1.807) is 55.7 Å². The van der Waals surface area contributed by atoms with Crippen molar-refractivity contribution in [3.63, 3.8) is 0 Å². The number of benzene rings is 2. The lowest BCUT2D eigenvalue weighted by Crippen LogP contribution is -2.38. The highest BCUT2D eigenvalue weighted by molar-refractivity contribution is 5.91. The highest BCUT2D eigenvalue weighted by Crippen LogP contribution is 2.58. The number of amides is 1. The molecule has 204 valence electrons.